The maximum Gasteiger partial charge on any atom is 0.308 e. The summed E-state index contributed by atoms with van der Waals surface area (Å²) in [5.41, 5.74) is 0. The molecule has 4 atom stereocenters. The number of amides is 1. The zero-order valence-electron chi connectivity index (χ0n) is 11.7. The molecule has 1 heterocycles. The molecule has 2 aliphatic carbocycles. The van der Waals surface area contributed by atoms with Crippen LogP contribution in [0.2, 0.25) is 0 Å². The van der Waals surface area contributed by atoms with Crippen LogP contribution in [0.15, 0.2) is 0 Å². The van der Waals surface area contributed by atoms with E-state index < -0.39 is 5.97 Å². The Morgan fingerprint density at radius 3 is 2.60 bits per heavy atom. The molecular weight excluding hydrogens is 258 g/mol. The second-order valence-corrected chi connectivity index (χ2v) is 6.32. The lowest BCUT2D eigenvalue weighted by Crippen LogP contribution is -2.52. The van der Waals surface area contributed by atoms with E-state index in [2.05, 4.69) is 15.5 Å². The van der Waals surface area contributed by atoms with Crippen LogP contribution in [0.4, 0.5) is 0 Å². The van der Waals surface area contributed by atoms with Crippen molar-refractivity contribution in [2.45, 2.75) is 25.3 Å². The van der Waals surface area contributed by atoms with E-state index in [0.29, 0.717) is 12.5 Å². The van der Waals surface area contributed by atoms with Gasteiger partial charge in [0.25, 0.3) is 0 Å². The van der Waals surface area contributed by atoms with E-state index in [1.54, 1.807) is 0 Å². The fourth-order valence-corrected chi connectivity index (χ4v) is 4.16. The second kappa shape index (κ2) is 5.69. The number of hydrogen-bond donors (Lipinski definition) is 3. The summed E-state index contributed by atoms with van der Waals surface area (Å²) in [7, 11) is 0. The number of piperazine rings is 1. The Labute approximate surface area is 118 Å². The van der Waals surface area contributed by atoms with Gasteiger partial charge in [-0.1, -0.05) is 0 Å². The molecular formula is C14H23N3O3. The smallest absolute Gasteiger partial charge is 0.308 e. The van der Waals surface area contributed by atoms with Crippen molar-refractivity contribution < 1.29 is 14.7 Å². The Morgan fingerprint density at radius 2 is 1.90 bits per heavy atom. The lowest BCUT2D eigenvalue weighted by Gasteiger charge is -2.31. The molecule has 6 nitrogen and oxygen atoms in total. The lowest BCUT2D eigenvalue weighted by molar-refractivity contribution is -0.144. The van der Waals surface area contributed by atoms with Crippen LogP contribution in [0.25, 0.3) is 0 Å². The summed E-state index contributed by atoms with van der Waals surface area (Å²) in [5.74, 6) is -0.504. The van der Waals surface area contributed by atoms with Crippen LogP contribution in [0, 0.1) is 17.8 Å². The molecule has 1 aliphatic heterocycles. The van der Waals surface area contributed by atoms with Gasteiger partial charge in [-0.25, -0.2) is 0 Å². The topological polar surface area (TPSA) is 81.7 Å². The zero-order chi connectivity index (χ0) is 14.1. The summed E-state index contributed by atoms with van der Waals surface area (Å²) in [6.07, 6.45) is 3.04. The van der Waals surface area contributed by atoms with E-state index >= 15 is 0 Å². The summed E-state index contributed by atoms with van der Waals surface area (Å²) in [4.78, 5) is 25.7. The fourth-order valence-electron chi connectivity index (χ4n) is 4.16. The largest absolute Gasteiger partial charge is 0.481 e. The van der Waals surface area contributed by atoms with Crippen LogP contribution in [0.1, 0.15) is 19.3 Å². The third kappa shape index (κ3) is 2.67. The molecule has 20 heavy (non-hydrogen) atoms. The maximum atomic E-state index is 12.1. The number of hydrogen-bond acceptors (Lipinski definition) is 4. The standard InChI is InChI=1S/C14H23N3O3/c18-11(8-17-5-3-15-4-6-17)16-13-10-2-1-9(7-10)12(13)14(19)20/h9-10,12-13,15H,1-8H2,(H,16,18)(H,19,20). The van der Waals surface area contributed by atoms with Crippen LogP contribution in [-0.4, -0.2) is 60.6 Å². The molecule has 0 aromatic heterocycles. The van der Waals surface area contributed by atoms with Crippen molar-refractivity contribution in [3.63, 3.8) is 0 Å². The van der Waals surface area contributed by atoms with Crippen molar-refractivity contribution in [3.8, 4) is 0 Å². The molecule has 0 aromatic rings. The van der Waals surface area contributed by atoms with Crippen molar-refractivity contribution in [1.82, 2.24) is 15.5 Å². The van der Waals surface area contributed by atoms with Gasteiger partial charge in [-0.2, -0.15) is 0 Å². The highest BCUT2D eigenvalue weighted by molar-refractivity contribution is 5.80. The van der Waals surface area contributed by atoms with Crippen molar-refractivity contribution in [3.05, 3.63) is 0 Å². The van der Waals surface area contributed by atoms with Crippen LogP contribution in [0.3, 0.4) is 0 Å². The minimum absolute atomic E-state index is 0.0179. The number of nitrogens with zero attached hydrogens (tertiary/aromatic N) is 1. The Balaban J connectivity index is 1.56. The summed E-state index contributed by atoms with van der Waals surface area (Å²) < 4.78 is 0. The Hall–Kier alpha value is -1.14. The molecule has 3 rings (SSSR count). The SMILES string of the molecule is O=C(CN1CCNCC1)NC1C2CCC(C2)C1C(=O)O. The highest BCUT2D eigenvalue weighted by atomic mass is 16.4. The predicted octanol–water partition coefficient (Wildman–Crippen LogP) is -0.493. The molecule has 0 radical (unpaired) electrons. The fraction of sp³-hybridized carbons (Fsp3) is 0.857. The first-order chi connectivity index (χ1) is 9.65. The number of carbonyl (C=O) groups excluding carboxylic acids is 1. The first-order valence-corrected chi connectivity index (χ1v) is 7.60. The van der Waals surface area contributed by atoms with E-state index in [1.165, 1.54) is 0 Å². The van der Waals surface area contributed by atoms with E-state index in [0.717, 1.165) is 45.4 Å². The quantitative estimate of drug-likeness (QED) is 0.648. The van der Waals surface area contributed by atoms with Crippen molar-refractivity contribution in [2.24, 2.45) is 17.8 Å². The molecule has 0 aromatic carbocycles. The number of carboxylic acids is 1. The molecule has 4 unspecified atom stereocenters. The number of fused-ring (bicyclic) bond motifs is 2. The molecule has 3 aliphatic rings. The highest BCUT2D eigenvalue weighted by Crippen LogP contribution is 2.48. The van der Waals surface area contributed by atoms with Crippen molar-refractivity contribution in [2.75, 3.05) is 32.7 Å². The zero-order valence-corrected chi connectivity index (χ0v) is 11.7. The predicted molar refractivity (Wildman–Crippen MR) is 73.2 cm³/mol. The number of nitrogens with one attached hydrogen (secondary N) is 2. The lowest BCUT2D eigenvalue weighted by atomic mass is 9.84. The van der Waals surface area contributed by atoms with Gasteiger partial charge in [-0.15, -0.1) is 0 Å². The molecule has 3 N–H and O–H groups in total. The van der Waals surface area contributed by atoms with Gasteiger partial charge in [-0.05, 0) is 31.1 Å². The van der Waals surface area contributed by atoms with Gasteiger partial charge in [-0.3, -0.25) is 14.5 Å². The second-order valence-electron chi connectivity index (χ2n) is 6.32. The molecule has 1 amide bonds. The van der Waals surface area contributed by atoms with Crippen LogP contribution in [-0.2, 0) is 9.59 Å². The monoisotopic (exact) mass is 281 g/mol. The first kappa shape index (κ1) is 13.8. The van der Waals surface area contributed by atoms with Gasteiger partial charge in [0.15, 0.2) is 0 Å². The van der Waals surface area contributed by atoms with Crippen LogP contribution < -0.4 is 10.6 Å². The molecule has 3 fully saturated rings. The first-order valence-electron chi connectivity index (χ1n) is 7.60. The normalized spacial score (nSPS) is 37.0. The summed E-state index contributed by atoms with van der Waals surface area (Å²) in [5, 5.41) is 15.6. The maximum absolute atomic E-state index is 12.1. The Morgan fingerprint density at radius 1 is 1.20 bits per heavy atom. The van der Waals surface area contributed by atoms with Gasteiger partial charge in [0.05, 0.1) is 12.5 Å². The average Bonchev–Trinajstić information content (AvgIpc) is 3.00. The molecule has 0 spiro atoms. The third-order valence-electron chi connectivity index (χ3n) is 5.11. The Kier molecular flexibility index (Phi) is 3.94. The number of aliphatic carboxylic acids is 1. The molecule has 6 heteroatoms. The molecule has 112 valence electrons. The summed E-state index contributed by atoms with van der Waals surface area (Å²) in [6.45, 7) is 3.99. The third-order valence-corrected chi connectivity index (χ3v) is 5.11. The molecule has 2 bridgehead atoms. The van der Waals surface area contributed by atoms with Crippen molar-refractivity contribution in [1.29, 1.82) is 0 Å². The van der Waals surface area contributed by atoms with Gasteiger partial charge in [0.2, 0.25) is 5.91 Å². The minimum atomic E-state index is -0.746. The number of carboxylic acid groups (broad SMARTS) is 1. The van der Waals surface area contributed by atoms with E-state index in [1.807, 2.05) is 0 Å². The van der Waals surface area contributed by atoms with E-state index in [4.69, 9.17) is 0 Å². The van der Waals surface area contributed by atoms with Gasteiger partial charge in [0, 0.05) is 32.2 Å². The van der Waals surface area contributed by atoms with Crippen LogP contribution >= 0.6 is 0 Å². The van der Waals surface area contributed by atoms with Crippen molar-refractivity contribution >= 4 is 11.9 Å². The number of carbonyl (C=O) groups is 2. The molecule has 2 saturated carbocycles. The van der Waals surface area contributed by atoms with Gasteiger partial charge < -0.3 is 15.7 Å². The van der Waals surface area contributed by atoms with Gasteiger partial charge in [0.1, 0.15) is 0 Å². The number of rotatable bonds is 4. The van der Waals surface area contributed by atoms with Crippen LogP contribution in [0.5, 0.6) is 0 Å². The molecule has 1 saturated heterocycles. The summed E-state index contributed by atoms with van der Waals surface area (Å²) in [6, 6.07) is -0.151. The summed E-state index contributed by atoms with van der Waals surface area (Å²) >= 11 is 0. The average molecular weight is 281 g/mol. The van der Waals surface area contributed by atoms with E-state index in [9.17, 15) is 14.7 Å². The highest BCUT2D eigenvalue weighted by Gasteiger charge is 2.51. The van der Waals surface area contributed by atoms with E-state index in [-0.39, 0.29) is 23.8 Å². The van der Waals surface area contributed by atoms with Gasteiger partial charge >= 0.3 is 5.97 Å². The minimum Gasteiger partial charge on any atom is -0.481 e. The Bertz CT molecular complexity index is 395.